The van der Waals surface area contributed by atoms with Crippen LogP contribution in [0.2, 0.25) is 0 Å². The molecule has 2 rings (SSSR count). The third-order valence-corrected chi connectivity index (χ3v) is 4.08. The van der Waals surface area contributed by atoms with Gasteiger partial charge in [0.25, 0.3) is 0 Å². The van der Waals surface area contributed by atoms with Gasteiger partial charge in [0.15, 0.2) is 0 Å². The van der Waals surface area contributed by atoms with Crippen molar-refractivity contribution in [1.29, 1.82) is 0 Å². The van der Waals surface area contributed by atoms with E-state index in [1.807, 2.05) is 50.3 Å². The van der Waals surface area contributed by atoms with E-state index in [2.05, 4.69) is 27.8 Å². The summed E-state index contributed by atoms with van der Waals surface area (Å²) in [6.07, 6.45) is 6.32. The van der Waals surface area contributed by atoms with Crippen molar-refractivity contribution in [3.8, 4) is 10.6 Å². The zero-order chi connectivity index (χ0) is 15.8. The Morgan fingerprint density at radius 2 is 2.09 bits per heavy atom. The number of hydrogen-bond donors (Lipinski definition) is 1. The zero-order valence-electron chi connectivity index (χ0n) is 12.9. The molecule has 4 heteroatoms. The Morgan fingerprint density at radius 3 is 2.82 bits per heavy atom. The van der Waals surface area contributed by atoms with Crippen LogP contribution in [-0.2, 0) is 11.2 Å². The first-order chi connectivity index (χ1) is 10.7. The molecular formula is C18H20N2OS. The number of amides is 1. The summed E-state index contributed by atoms with van der Waals surface area (Å²) in [6, 6.07) is 10.1. The summed E-state index contributed by atoms with van der Waals surface area (Å²) < 4.78 is 0. The number of carbonyl (C=O) groups is 1. The first kappa shape index (κ1) is 16.2. The molecule has 0 aliphatic rings. The molecule has 1 aromatic carbocycles. The Balaban J connectivity index is 1.86. The van der Waals surface area contributed by atoms with E-state index in [1.165, 1.54) is 0 Å². The van der Waals surface area contributed by atoms with Gasteiger partial charge in [-0.1, -0.05) is 48.6 Å². The second-order valence-corrected chi connectivity index (χ2v) is 5.75. The Labute approximate surface area is 135 Å². The van der Waals surface area contributed by atoms with Gasteiger partial charge in [-0.2, -0.15) is 0 Å². The summed E-state index contributed by atoms with van der Waals surface area (Å²) >= 11 is 1.63. The molecule has 1 N–H and O–H groups in total. The topological polar surface area (TPSA) is 42.0 Å². The average molecular weight is 312 g/mol. The summed E-state index contributed by atoms with van der Waals surface area (Å²) in [5.74, 6) is -0.0309. The molecule has 0 unspecified atom stereocenters. The highest BCUT2D eigenvalue weighted by atomic mass is 32.1. The predicted octanol–water partition coefficient (Wildman–Crippen LogP) is 3.99. The van der Waals surface area contributed by atoms with Crippen molar-refractivity contribution in [2.75, 3.05) is 6.54 Å². The van der Waals surface area contributed by atoms with E-state index in [9.17, 15) is 4.79 Å². The molecule has 0 atom stereocenters. The minimum Gasteiger partial charge on any atom is -0.352 e. The van der Waals surface area contributed by atoms with Crippen molar-refractivity contribution in [2.45, 2.75) is 20.3 Å². The zero-order valence-corrected chi connectivity index (χ0v) is 13.7. The number of rotatable bonds is 6. The van der Waals surface area contributed by atoms with Crippen molar-refractivity contribution in [3.05, 3.63) is 65.2 Å². The Kier molecular flexibility index (Phi) is 6.10. The smallest absolute Gasteiger partial charge is 0.246 e. The van der Waals surface area contributed by atoms with Crippen LogP contribution in [0.15, 0.2) is 59.5 Å². The van der Waals surface area contributed by atoms with Crippen LogP contribution >= 0.6 is 11.3 Å². The lowest BCUT2D eigenvalue weighted by molar-refractivity contribution is -0.117. The molecular weight excluding hydrogens is 292 g/mol. The Hall–Kier alpha value is -2.20. The third kappa shape index (κ3) is 4.67. The first-order valence-electron chi connectivity index (χ1n) is 7.28. The van der Waals surface area contributed by atoms with Gasteiger partial charge in [0.1, 0.15) is 5.01 Å². The summed E-state index contributed by atoms with van der Waals surface area (Å²) in [6.45, 7) is 4.33. The molecule has 0 saturated heterocycles. The molecule has 0 aliphatic heterocycles. The fourth-order valence-electron chi connectivity index (χ4n) is 1.89. The number of hydrogen-bond acceptors (Lipinski definition) is 3. The highest BCUT2D eigenvalue weighted by molar-refractivity contribution is 7.13. The molecule has 0 fully saturated rings. The van der Waals surface area contributed by atoms with Gasteiger partial charge in [-0.05, 0) is 13.8 Å². The largest absolute Gasteiger partial charge is 0.352 e. The van der Waals surface area contributed by atoms with Crippen LogP contribution in [-0.4, -0.2) is 17.4 Å². The fraction of sp³-hybridized carbons (Fsp3) is 0.222. The maximum absolute atomic E-state index is 11.8. The van der Waals surface area contributed by atoms with E-state index in [0.717, 1.165) is 22.7 Å². The van der Waals surface area contributed by atoms with Gasteiger partial charge in [0, 0.05) is 29.5 Å². The summed E-state index contributed by atoms with van der Waals surface area (Å²) in [5, 5.41) is 5.98. The highest BCUT2D eigenvalue weighted by Gasteiger charge is 2.06. The van der Waals surface area contributed by atoms with Crippen LogP contribution < -0.4 is 5.32 Å². The normalized spacial score (nSPS) is 11.8. The van der Waals surface area contributed by atoms with E-state index in [1.54, 1.807) is 11.3 Å². The monoisotopic (exact) mass is 312 g/mol. The van der Waals surface area contributed by atoms with Gasteiger partial charge in [0.05, 0.1) is 5.69 Å². The molecule has 1 amide bonds. The lowest BCUT2D eigenvalue weighted by Crippen LogP contribution is -2.26. The number of aromatic nitrogens is 1. The molecule has 0 saturated carbocycles. The second kappa shape index (κ2) is 8.29. The standard InChI is InChI=1S/C18H20N2OS/c1-3-4-8-14(2)17(21)19-12-11-16-13-22-18(20-16)15-9-6-5-7-10-15/h3-10,13H,11-12H2,1-2H3,(H,19,21)/b4-3-,14-8+. The van der Waals surface area contributed by atoms with Gasteiger partial charge in [0.2, 0.25) is 5.91 Å². The minimum atomic E-state index is -0.0309. The molecule has 22 heavy (non-hydrogen) atoms. The van der Waals surface area contributed by atoms with Crippen molar-refractivity contribution in [1.82, 2.24) is 10.3 Å². The Bertz CT molecular complexity index is 671. The molecule has 0 aliphatic carbocycles. The molecule has 0 radical (unpaired) electrons. The van der Waals surface area contributed by atoms with E-state index in [4.69, 9.17) is 0 Å². The number of nitrogens with one attached hydrogen (secondary N) is 1. The fourth-order valence-corrected chi connectivity index (χ4v) is 2.76. The van der Waals surface area contributed by atoms with E-state index >= 15 is 0 Å². The molecule has 1 heterocycles. The lowest BCUT2D eigenvalue weighted by Gasteiger charge is -2.03. The number of nitrogens with zero attached hydrogens (tertiary/aromatic N) is 1. The average Bonchev–Trinajstić information content (AvgIpc) is 3.02. The molecule has 0 spiro atoms. The summed E-state index contributed by atoms with van der Waals surface area (Å²) in [7, 11) is 0. The van der Waals surface area contributed by atoms with E-state index in [-0.39, 0.29) is 5.91 Å². The SMILES string of the molecule is C/C=C\C=C(/C)C(=O)NCCc1csc(-c2ccccc2)n1. The maximum atomic E-state index is 11.8. The number of carbonyl (C=O) groups excluding carboxylic acids is 1. The van der Waals surface area contributed by atoms with Crippen LogP contribution in [0.3, 0.4) is 0 Å². The van der Waals surface area contributed by atoms with Gasteiger partial charge in [-0.3, -0.25) is 4.79 Å². The van der Waals surface area contributed by atoms with Crippen molar-refractivity contribution in [3.63, 3.8) is 0 Å². The predicted molar refractivity (Wildman–Crippen MR) is 92.8 cm³/mol. The molecule has 1 aromatic heterocycles. The van der Waals surface area contributed by atoms with E-state index in [0.29, 0.717) is 12.1 Å². The van der Waals surface area contributed by atoms with Gasteiger partial charge < -0.3 is 5.32 Å². The molecule has 0 bridgehead atoms. The van der Waals surface area contributed by atoms with Crippen LogP contribution in [0.1, 0.15) is 19.5 Å². The van der Waals surface area contributed by atoms with Gasteiger partial charge in [-0.25, -0.2) is 4.98 Å². The molecule has 2 aromatic rings. The van der Waals surface area contributed by atoms with Gasteiger partial charge >= 0.3 is 0 Å². The lowest BCUT2D eigenvalue weighted by atomic mass is 10.2. The van der Waals surface area contributed by atoms with Crippen molar-refractivity contribution >= 4 is 17.2 Å². The Morgan fingerprint density at radius 1 is 1.32 bits per heavy atom. The van der Waals surface area contributed by atoms with E-state index < -0.39 is 0 Å². The van der Waals surface area contributed by atoms with Crippen LogP contribution in [0.4, 0.5) is 0 Å². The number of allylic oxidation sites excluding steroid dienone is 3. The van der Waals surface area contributed by atoms with Crippen LogP contribution in [0, 0.1) is 0 Å². The molecule has 114 valence electrons. The third-order valence-electron chi connectivity index (χ3n) is 3.14. The van der Waals surface area contributed by atoms with Crippen molar-refractivity contribution in [2.24, 2.45) is 0 Å². The summed E-state index contributed by atoms with van der Waals surface area (Å²) in [4.78, 5) is 16.4. The van der Waals surface area contributed by atoms with Crippen LogP contribution in [0.25, 0.3) is 10.6 Å². The minimum absolute atomic E-state index is 0.0309. The highest BCUT2D eigenvalue weighted by Crippen LogP contribution is 2.23. The summed E-state index contributed by atoms with van der Waals surface area (Å²) in [5.41, 5.74) is 2.86. The van der Waals surface area contributed by atoms with Crippen molar-refractivity contribution < 1.29 is 4.79 Å². The number of benzene rings is 1. The number of thiazole rings is 1. The first-order valence-corrected chi connectivity index (χ1v) is 8.16. The van der Waals surface area contributed by atoms with Gasteiger partial charge in [-0.15, -0.1) is 11.3 Å². The maximum Gasteiger partial charge on any atom is 0.246 e. The van der Waals surface area contributed by atoms with Crippen LogP contribution in [0.5, 0.6) is 0 Å². The molecule has 3 nitrogen and oxygen atoms in total. The quantitative estimate of drug-likeness (QED) is 0.647. The second-order valence-electron chi connectivity index (χ2n) is 4.89.